The number of nitrogens with one attached hydrogen (secondary N) is 1. The largest absolute Gasteiger partial charge is 0.346 e. The van der Waals surface area contributed by atoms with Crippen LogP contribution in [0.4, 0.5) is 0 Å². The number of allylic oxidation sites excluding steroid dienone is 1. The second kappa shape index (κ2) is 7.06. The van der Waals surface area contributed by atoms with Crippen molar-refractivity contribution in [3.8, 4) is 11.1 Å². The van der Waals surface area contributed by atoms with Crippen LogP contribution in [-0.2, 0) is 4.79 Å². The average Bonchev–Trinajstić information content (AvgIpc) is 2.97. The standard InChI is InChI=1S/C23H17NOS/c25-22-20(24-23(26)21(22)19-9-5-2-6-10-19)15-16-11-13-18(14-12-16)17-7-3-1-4-8-17/h1-15,21H,(H,24,26)/b20-15-. The van der Waals surface area contributed by atoms with Gasteiger partial charge in [-0.05, 0) is 28.3 Å². The van der Waals surface area contributed by atoms with Gasteiger partial charge < -0.3 is 5.32 Å². The predicted octanol–water partition coefficient (Wildman–Crippen LogP) is 4.98. The van der Waals surface area contributed by atoms with Crippen molar-refractivity contribution in [1.29, 1.82) is 0 Å². The number of benzene rings is 3. The lowest BCUT2D eigenvalue weighted by atomic mass is 9.96. The van der Waals surface area contributed by atoms with Crippen LogP contribution in [0.3, 0.4) is 0 Å². The zero-order valence-electron chi connectivity index (χ0n) is 14.1. The monoisotopic (exact) mass is 355 g/mol. The Morgan fingerprint density at radius 3 is 2.00 bits per heavy atom. The lowest BCUT2D eigenvalue weighted by Crippen LogP contribution is -2.15. The summed E-state index contributed by atoms with van der Waals surface area (Å²) < 4.78 is 0. The van der Waals surface area contributed by atoms with E-state index in [2.05, 4.69) is 29.6 Å². The number of carbonyl (C=O) groups excluding carboxylic acids is 1. The van der Waals surface area contributed by atoms with Gasteiger partial charge in [-0.15, -0.1) is 0 Å². The van der Waals surface area contributed by atoms with Gasteiger partial charge in [0.05, 0.1) is 16.6 Å². The van der Waals surface area contributed by atoms with Crippen molar-refractivity contribution in [2.45, 2.75) is 5.92 Å². The van der Waals surface area contributed by atoms with Gasteiger partial charge in [-0.2, -0.15) is 0 Å². The summed E-state index contributed by atoms with van der Waals surface area (Å²) in [5, 5.41) is 3.09. The molecule has 1 saturated heterocycles. The molecule has 3 aromatic carbocycles. The molecule has 1 unspecified atom stereocenters. The van der Waals surface area contributed by atoms with Crippen LogP contribution >= 0.6 is 12.2 Å². The Bertz CT molecular complexity index is 976. The fourth-order valence-corrected chi connectivity index (χ4v) is 3.52. The molecule has 3 aromatic rings. The van der Waals surface area contributed by atoms with E-state index in [1.807, 2.05) is 66.7 Å². The van der Waals surface area contributed by atoms with Crippen LogP contribution < -0.4 is 5.32 Å². The highest BCUT2D eigenvalue weighted by Gasteiger charge is 2.34. The maximum absolute atomic E-state index is 12.8. The van der Waals surface area contributed by atoms with Crippen LogP contribution in [0.1, 0.15) is 17.0 Å². The van der Waals surface area contributed by atoms with Crippen molar-refractivity contribution in [3.05, 3.63) is 102 Å². The predicted molar refractivity (Wildman–Crippen MR) is 110 cm³/mol. The second-order valence-electron chi connectivity index (χ2n) is 6.24. The van der Waals surface area contributed by atoms with E-state index in [1.165, 1.54) is 5.56 Å². The summed E-state index contributed by atoms with van der Waals surface area (Å²) in [6.07, 6.45) is 1.87. The summed E-state index contributed by atoms with van der Waals surface area (Å²) >= 11 is 5.40. The third-order valence-electron chi connectivity index (χ3n) is 4.51. The van der Waals surface area contributed by atoms with Gasteiger partial charge in [0.2, 0.25) is 0 Å². The number of rotatable bonds is 3. The van der Waals surface area contributed by atoms with Crippen LogP contribution in [0.5, 0.6) is 0 Å². The summed E-state index contributed by atoms with van der Waals surface area (Å²) in [5.41, 5.74) is 4.77. The molecule has 0 radical (unpaired) electrons. The number of Topliss-reactive ketones (excluding diaryl/α,β-unsaturated/α-hetero) is 1. The zero-order chi connectivity index (χ0) is 17.9. The summed E-state index contributed by atoms with van der Waals surface area (Å²) in [4.78, 5) is 13.4. The Labute approximate surface area is 158 Å². The topological polar surface area (TPSA) is 29.1 Å². The summed E-state index contributed by atoms with van der Waals surface area (Å²) in [7, 11) is 0. The van der Waals surface area contributed by atoms with Gasteiger partial charge in [-0.3, -0.25) is 4.79 Å². The molecule has 126 valence electrons. The SMILES string of the molecule is O=C1/C(=C/c2ccc(-c3ccccc3)cc2)NC(=S)C1c1ccccc1. The first-order valence-corrected chi connectivity index (χ1v) is 8.90. The van der Waals surface area contributed by atoms with Crippen molar-refractivity contribution >= 4 is 29.1 Å². The second-order valence-corrected chi connectivity index (χ2v) is 6.68. The van der Waals surface area contributed by atoms with E-state index in [9.17, 15) is 4.79 Å². The lowest BCUT2D eigenvalue weighted by Gasteiger charge is -2.06. The van der Waals surface area contributed by atoms with E-state index in [-0.39, 0.29) is 11.7 Å². The number of thiocarbonyl (C=S) groups is 1. The first-order valence-electron chi connectivity index (χ1n) is 8.49. The molecule has 0 saturated carbocycles. The van der Waals surface area contributed by atoms with Crippen LogP contribution in [0, 0.1) is 0 Å². The third-order valence-corrected chi connectivity index (χ3v) is 4.85. The summed E-state index contributed by atoms with van der Waals surface area (Å²) in [5.74, 6) is -0.366. The molecule has 4 rings (SSSR count). The van der Waals surface area contributed by atoms with Crippen LogP contribution in [0.2, 0.25) is 0 Å². The van der Waals surface area contributed by atoms with Crippen LogP contribution in [-0.4, -0.2) is 10.8 Å². The molecule has 1 heterocycles. The maximum atomic E-state index is 12.8. The van der Waals surface area contributed by atoms with E-state index in [4.69, 9.17) is 12.2 Å². The smallest absolute Gasteiger partial charge is 0.193 e. The summed E-state index contributed by atoms with van der Waals surface area (Å²) in [6, 6.07) is 28.0. The van der Waals surface area contributed by atoms with Gasteiger partial charge in [0, 0.05) is 0 Å². The average molecular weight is 355 g/mol. The fraction of sp³-hybridized carbons (Fsp3) is 0.0435. The molecule has 0 aromatic heterocycles. The molecule has 0 amide bonds. The quantitative estimate of drug-likeness (QED) is 0.531. The maximum Gasteiger partial charge on any atom is 0.193 e. The van der Waals surface area contributed by atoms with E-state index >= 15 is 0 Å². The first-order chi connectivity index (χ1) is 12.7. The minimum atomic E-state index is -0.388. The zero-order valence-corrected chi connectivity index (χ0v) is 14.9. The Morgan fingerprint density at radius 1 is 0.769 bits per heavy atom. The Kier molecular flexibility index (Phi) is 4.46. The Balaban J connectivity index is 1.59. The van der Waals surface area contributed by atoms with E-state index < -0.39 is 0 Å². The highest BCUT2D eigenvalue weighted by Crippen LogP contribution is 2.28. The van der Waals surface area contributed by atoms with Crippen molar-refractivity contribution in [2.75, 3.05) is 0 Å². The van der Waals surface area contributed by atoms with Gasteiger partial charge in [-0.1, -0.05) is 97.1 Å². The molecule has 1 N–H and O–H groups in total. The molecule has 1 atom stereocenters. The molecule has 26 heavy (non-hydrogen) atoms. The highest BCUT2D eigenvalue weighted by molar-refractivity contribution is 7.80. The number of carbonyl (C=O) groups is 1. The van der Waals surface area contributed by atoms with Gasteiger partial charge in [0.1, 0.15) is 0 Å². The molecule has 3 heteroatoms. The number of hydrogen-bond acceptors (Lipinski definition) is 2. The minimum absolute atomic E-state index is 0.0216. The Morgan fingerprint density at radius 2 is 1.35 bits per heavy atom. The van der Waals surface area contributed by atoms with E-state index in [0.29, 0.717) is 10.7 Å². The van der Waals surface area contributed by atoms with Crippen molar-refractivity contribution < 1.29 is 4.79 Å². The van der Waals surface area contributed by atoms with Crippen LogP contribution in [0.15, 0.2) is 90.6 Å². The van der Waals surface area contributed by atoms with Crippen LogP contribution in [0.25, 0.3) is 17.2 Å². The summed E-state index contributed by atoms with van der Waals surface area (Å²) in [6.45, 7) is 0. The highest BCUT2D eigenvalue weighted by atomic mass is 32.1. The van der Waals surface area contributed by atoms with Crippen molar-refractivity contribution in [3.63, 3.8) is 0 Å². The molecule has 0 bridgehead atoms. The number of hydrogen-bond donors (Lipinski definition) is 1. The molecule has 2 nitrogen and oxygen atoms in total. The van der Waals surface area contributed by atoms with Crippen molar-refractivity contribution in [1.82, 2.24) is 5.32 Å². The Hall–Kier alpha value is -3.04. The molecule has 1 aliphatic heterocycles. The lowest BCUT2D eigenvalue weighted by molar-refractivity contribution is -0.115. The number of ketones is 1. The third kappa shape index (κ3) is 3.22. The molecule has 0 spiro atoms. The molecular weight excluding hydrogens is 338 g/mol. The van der Waals surface area contributed by atoms with Gasteiger partial charge in [0.25, 0.3) is 0 Å². The van der Waals surface area contributed by atoms with Gasteiger partial charge in [-0.25, -0.2) is 0 Å². The van der Waals surface area contributed by atoms with Gasteiger partial charge >= 0.3 is 0 Å². The minimum Gasteiger partial charge on any atom is -0.346 e. The normalized spacial score (nSPS) is 18.2. The van der Waals surface area contributed by atoms with Crippen molar-refractivity contribution in [2.24, 2.45) is 0 Å². The molecule has 0 aliphatic carbocycles. The molecule has 1 fully saturated rings. The van der Waals surface area contributed by atoms with E-state index in [1.54, 1.807) is 0 Å². The molecule has 1 aliphatic rings. The fourth-order valence-electron chi connectivity index (χ4n) is 3.17. The first kappa shape index (κ1) is 16.4. The molecular formula is C23H17NOS. The van der Waals surface area contributed by atoms with E-state index in [0.717, 1.165) is 16.7 Å². The van der Waals surface area contributed by atoms with Gasteiger partial charge in [0.15, 0.2) is 5.78 Å².